The third kappa shape index (κ3) is 6.18. The van der Waals surface area contributed by atoms with E-state index in [1.807, 2.05) is 48.5 Å². The maximum absolute atomic E-state index is 5.87. The lowest BCUT2D eigenvalue weighted by Crippen LogP contribution is -2.45. The van der Waals surface area contributed by atoms with E-state index in [1.54, 1.807) is 13.4 Å². The topological polar surface area (TPSA) is 68.0 Å². The third-order valence-corrected chi connectivity index (χ3v) is 5.53. The number of hydrogen-bond acceptors (Lipinski definition) is 4. The molecule has 2 heterocycles. The second kappa shape index (κ2) is 11.8. The van der Waals surface area contributed by atoms with Crippen LogP contribution in [-0.4, -0.2) is 32.3 Å². The number of fused-ring (bicyclic) bond motifs is 1. The van der Waals surface area contributed by atoms with Crippen molar-refractivity contribution in [2.45, 2.75) is 31.8 Å². The molecule has 0 fully saturated rings. The van der Waals surface area contributed by atoms with Crippen molar-refractivity contribution in [1.82, 2.24) is 10.6 Å². The van der Waals surface area contributed by atoms with Gasteiger partial charge in [0.05, 0.1) is 26.5 Å². The minimum atomic E-state index is 0. The molecule has 1 aliphatic heterocycles. The first kappa shape index (κ1) is 24.0. The Morgan fingerprint density at radius 2 is 1.94 bits per heavy atom. The molecule has 0 saturated heterocycles. The summed E-state index contributed by atoms with van der Waals surface area (Å²) in [6.07, 6.45) is 2.49. The van der Waals surface area contributed by atoms with Crippen molar-refractivity contribution in [2.75, 3.05) is 20.3 Å². The zero-order valence-corrected chi connectivity index (χ0v) is 20.7. The summed E-state index contributed by atoms with van der Waals surface area (Å²) in [6.45, 7) is 4.15. The van der Waals surface area contributed by atoms with Crippen LogP contribution in [0.5, 0.6) is 11.5 Å². The van der Waals surface area contributed by atoms with Crippen LogP contribution in [0.4, 0.5) is 0 Å². The number of rotatable bonds is 8. The zero-order chi connectivity index (χ0) is 21.5. The standard InChI is InChI=1S/C25H29N3O3.HI/c1-18(23-17-31-24-8-4-3-7-22(23)24)28-25(26-14-13-21-6-5-15-30-21)27-16-19-9-11-20(29-2)12-10-19;/h3-12,15,18,23H,13-14,16-17H2,1-2H3,(H2,26,27,28);1H. The molecule has 2 atom stereocenters. The molecule has 0 bridgehead atoms. The Balaban J connectivity index is 0.00000289. The molecule has 7 heteroatoms. The van der Waals surface area contributed by atoms with Gasteiger partial charge in [-0.3, -0.25) is 0 Å². The van der Waals surface area contributed by atoms with E-state index >= 15 is 0 Å². The number of guanidine groups is 1. The number of para-hydroxylation sites is 1. The summed E-state index contributed by atoms with van der Waals surface area (Å²) < 4.78 is 16.5. The van der Waals surface area contributed by atoms with E-state index < -0.39 is 0 Å². The van der Waals surface area contributed by atoms with Crippen molar-refractivity contribution >= 4 is 29.9 Å². The molecule has 2 N–H and O–H groups in total. The van der Waals surface area contributed by atoms with Crippen LogP contribution in [0.2, 0.25) is 0 Å². The maximum atomic E-state index is 5.87. The first-order valence-electron chi connectivity index (χ1n) is 10.6. The number of nitrogens with zero attached hydrogens (tertiary/aromatic N) is 1. The molecule has 0 amide bonds. The monoisotopic (exact) mass is 547 g/mol. The van der Waals surface area contributed by atoms with E-state index in [9.17, 15) is 0 Å². The second-order valence-electron chi connectivity index (χ2n) is 7.66. The Bertz CT molecular complexity index is 990. The van der Waals surface area contributed by atoms with Crippen LogP contribution in [0.3, 0.4) is 0 Å². The second-order valence-corrected chi connectivity index (χ2v) is 7.66. The lowest BCUT2D eigenvalue weighted by atomic mass is 9.94. The van der Waals surface area contributed by atoms with Crippen LogP contribution in [0.25, 0.3) is 0 Å². The number of halogens is 1. The Hall–Kier alpha value is -2.68. The third-order valence-electron chi connectivity index (χ3n) is 5.53. The van der Waals surface area contributed by atoms with Gasteiger partial charge in [-0.25, -0.2) is 4.99 Å². The van der Waals surface area contributed by atoms with Gasteiger partial charge in [0.2, 0.25) is 0 Å². The normalized spacial score (nSPS) is 15.8. The van der Waals surface area contributed by atoms with E-state index in [1.165, 1.54) is 5.56 Å². The fourth-order valence-electron chi connectivity index (χ4n) is 3.73. The Labute approximate surface area is 206 Å². The number of hydrogen-bond donors (Lipinski definition) is 2. The fourth-order valence-corrected chi connectivity index (χ4v) is 3.73. The number of furan rings is 1. The molecule has 6 nitrogen and oxygen atoms in total. The van der Waals surface area contributed by atoms with Gasteiger partial charge < -0.3 is 24.5 Å². The molecular formula is C25H30IN3O3. The molecular weight excluding hydrogens is 517 g/mol. The van der Waals surface area contributed by atoms with Crippen LogP contribution < -0.4 is 20.1 Å². The highest BCUT2D eigenvalue weighted by Gasteiger charge is 2.29. The summed E-state index contributed by atoms with van der Waals surface area (Å²) in [5.41, 5.74) is 2.36. The van der Waals surface area contributed by atoms with Gasteiger partial charge in [-0.2, -0.15) is 0 Å². The van der Waals surface area contributed by atoms with E-state index in [0.717, 1.165) is 41.7 Å². The molecule has 0 radical (unpaired) electrons. The molecule has 0 aliphatic carbocycles. The Kier molecular flexibility index (Phi) is 8.84. The highest BCUT2D eigenvalue weighted by molar-refractivity contribution is 14.0. The van der Waals surface area contributed by atoms with Crippen molar-refractivity contribution in [2.24, 2.45) is 4.99 Å². The quantitative estimate of drug-likeness (QED) is 0.242. The first-order chi connectivity index (χ1) is 15.2. The lowest BCUT2D eigenvalue weighted by molar-refractivity contribution is 0.312. The molecule has 170 valence electrons. The molecule has 1 aromatic heterocycles. The number of benzene rings is 2. The maximum Gasteiger partial charge on any atom is 0.191 e. The molecule has 2 unspecified atom stereocenters. The smallest absolute Gasteiger partial charge is 0.191 e. The van der Waals surface area contributed by atoms with Gasteiger partial charge >= 0.3 is 0 Å². The first-order valence-corrected chi connectivity index (χ1v) is 10.6. The number of ether oxygens (including phenoxy) is 2. The molecule has 1 aliphatic rings. The molecule has 32 heavy (non-hydrogen) atoms. The summed E-state index contributed by atoms with van der Waals surface area (Å²) in [7, 11) is 1.67. The van der Waals surface area contributed by atoms with Crippen molar-refractivity contribution in [3.05, 3.63) is 83.8 Å². The van der Waals surface area contributed by atoms with Gasteiger partial charge in [-0.1, -0.05) is 30.3 Å². The van der Waals surface area contributed by atoms with Gasteiger partial charge in [0.1, 0.15) is 17.3 Å². The SMILES string of the molecule is COc1ccc(CN=C(NCCc2ccco2)NC(C)C2COc3ccccc32)cc1.I. The lowest BCUT2D eigenvalue weighted by Gasteiger charge is -2.23. The van der Waals surface area contributed by atoms with Crippen molar-refractivity contribution in [1.29, 1.82) is 0 Å². The Morgan fingerprint density at radius 3 is 2.69 bits per heavy atom. The van der Waals surface area contributed by atoms with Gasteiger partial charge in [0, 0.05) is 30.5 Å². The molecule has 2 aromatic carbocycles. The van der Waals surface area contributed by atoms with E-state index in [0.29, 0.717) is 13.2 Å². The minimum Gasteiger partial charge on any atom is -0.497 e. The number of nitrogens with one attached hydrogen (secondary N) is 2. The van der Waals surface area contributed by atoms with Crippen LogP contribution in [0, 0.1) is 0 Å². The highest BCUT2D eigenvalue weighted by atomic mass is 127. The number of methoxy groups -OCH3 is 1. The fraction of sp³-hybridized carbons (Fsp3) is 0.320. The summed E-state index contributed by atoms with van der Waals surface area (Å²) in [5.74, 6) is 3.82. The van der Waals surface area contributed by atoms with E-state index in [-0.39, 0.29) is 35.9 Å². The number of aliphatic imine (C=N–C) groups is 1. The van der Waals surface area contributed by atoms with Crippen LogP contribution in [0.1, 0.15) is 29.7 Å². The molecule has 0 saturated carbocycles. The largest absolute Gasteiger partial charge is 0.497 e. The summed E-state index contributed by atoms with van der Waals surface area (Å²) in [5, 5.41) is 7.02. The highest BCUT2D eigenvalue weighted by Crippen LogP contribution is 2.35. The minimum absolute atomic E-state index is 0. The summed E-state index contributed by atoms with van der Waals surface area (Å²) in [6, 6.07) is 20.3. The van der Waals surface area contributed by atoms with E-state index in [2.05, 4.69) is 29.7 Å². The predicted octanol–water partition coefficient (Wildman–Crippen LogP) is 4.75. The molecule has 0 spiro atoms. The van der Waals surface area contributed by atoms with Crippen molar-refractivity contribution in [3.8, 4) is 11.5 Å². The van der Waals surface area contributed by atoms with Gasteiger partial charge in [-0.05, 0) is 42.8 Å². The van der Waals surface area contributed by atoms with Crippen molar-refractivity contribution in [3.63, 3.8) is 0 Å². The zero-order valence-electron chi connectivity index (χ0n) is 18.4. The van der Waals surface area contributed by atoms with Crippen molar-refractivity contribution < 1.29 is 13.9 Å². The van der Waals surface area contributed by atoms with Crippen LogP contribution in [-0.2, 0) is 13.0 Å². The van der Waals surface area contributed by atoms with Crippen LogP contribution in [0.15, 0.2) is 76.3 Å². The average Bonchev–Trinajstić information content (AvgIpc) is 3.47. The van der Waals surface area contributed by atoms with Gasteiger partial charge in [0.15, 0.2) is 5.96 Å². The Morgan fingerprint density at radius 1 is 1.12 bits per heavy atom. The summed E-state index contributed by atoms with van der Waals surface area (Å²) >= 11 is 0. The molecule has 4 rings (SSSR count). The predicted molar refractivity (Wildman–Crippen MR) is 137 cm³/mol. The van der Waals surface area contributed by atoms with Crippen LogP contribution >= 0.6 is 24.0 Å². The van der Waals surface area contributed by atoms with Gasteiger partial charge in [0.25, 0.3) is 0 Å². The molecule has 3 aromatic rings. The van der Waals surface area contributed by atoms with E-state index in [4.69, 9.17) is 18.9 Å². The average molecular weight is 547 g/mol. The summed E-state index contributed by atoms with van der Waals surface area (Å²) in [4.78, 5) is 4.82. The van der Waals surface area contributed by atoms with Gasteiger partial charge in [-0.15, -0.1) is 24.0 Å².